The number of benzene rings is 1. The maximum absolute atomic E-state index is 12.2. The summed E-state index contributed by atoms with van der Waals surface area (Å²) in [5, 5.41) is 7.57. The Morgan fingerprint density at radius 1 is 1.48 bits per heavy atom. The fourth-order valence-electron chi connectivity index (χ4n) is 2.47. The van der Waals surface area contributed by atoms with E-state index in [9.17, 15) is 9.59 Å². The number of aromatic nitrogens is 2. The van der Waals surface area contributed by atoms with E-state index in [1.165, 1.54) is 0 Å². The first-order valence-electron chi connectivity index (χ1n) is 7.32. The van der Waals surface area contributed by atoms with E-state index in [2.05, 4.69) is 10.4 Å². The molecular weight excluding hydrogens is 318 g/mol. The van der Waals surface area contributed by atoms with E-state index in [0.29, 0.717) is 29.1 Å². The molecule has 2 aromatic rings. The van der Waals surface area contributed by atoms with Crippen LogP contribution in [0.5, 0.6) is 0 Å². The average molecular weight is 334 g/mol. The number of esters is 1. The molecule has 0 spiro atoms. The molecule has 1 aromatic carbocycles. The highest BCUT2D eigenvalue weighted by Crippen LogP contribution is 2.21. The van der Waals surface area contributed by atoms with Gasteiger partial charge in [-0.1, -0.05) is 23.7 Å². The molecule has 1 aromatic heterocycles. The summed E-state index contributed by atoms with van der Waals surface area (Å²) >= 11 is 6.14. The zero-order chi connectivity index (χ0) is 16.4. The molecule has 0 unspecified atom stereocenters. The predicted molar refractivity (Wildman–Crippen MR) is 84.8 cm³/mol. The van der Waals surface area contributed by atoms with Gasteiger partial charge in [-0.2, -0.15) is 5.10 Å². The van der Waals surface area contributed by atoms with Crippen LogP contribution >= 0.6 is 11.6 Å². The third-order valence-electron chi connectivity index (χ3n) is 3.69. The SMILES string of the molecule is Cc1cn(-c2ccccc2Cl)nc1C(=O)OC[C@H]1CCC(=O)N1. The Morgan fingerprint density at radius 3 is 2.96 bits per heavy atom. The Balaban J connectivity index is 1.72. The van der Waals surface area contributed by atoms with Gasteiger partial charge in [0, 0.05) is 18.2 Å². The number of nitrogens with one attached hydrogen (secondary N) is 1. The van der Waals surface area contributed by atoms with Crippen molar-refractivity contribution in [2.24, 2.45) is 0 Å². The molecule has 1 saturated heterocycles. The fourth-order valence-corrected chi connectivity index (χ4v) is 2.69. The molecule has 0 radical (unpaired) electrons. The monoisotopic (exact) mass is 333 g/mol. The topological polar surface area (TPSA) is 73.2 Å². The van der Waals surface area contributed by atoms with Gasteiger partial charge in [0.1, 0.15) is 6.61 Å². The Hall–Kier alpha value is -2.34. The van der Waals surface area contributed by atoms with E-state index in [-0.39, 0.29) is 24.2 Å². The van der Waals surface area contributed by atoms with E-state index in [4.69, 9.17) is 16.3 Å². The minimum atomic E-state index is -0.505. The number of carbonyl (C=O) groups is 2. The van der Waals surface area contributed by atoms with Gasteiger partial charge in [-0.25, -0.2) is 9.48 Å². The minimum Gasteiger partial charge on any atom is -0.459 e. The summed E-state index contributed by atoms with van der Waals surface area (Å²) in [5.74, 6) is -0.514. The van der Waals surface area contributed by atoms with E-state index < -0.39 is 5.97 Å². The maximum Gasteiger partial charge on any atom is 0.359 e. The average Bonchev–Trinajstić information content (AvgIpc) is 3.11. The number of nitrogens with zero attached hydrogens (tertiary/aromatic N) is 2. The fraction of sp³-hybridized carbons (Fsp3) is 0.312. The predicted octanol–water partition coefficient (Wildman–Crippen LogP) is 2.27. The highest BCUT2D eigenvalue weighted by Gasteiger charge is 2.23. The molecule has 23 heavy (non-hydrogen) atoms. The second kappa shape index (κ2) is 6.42. The van der Waals surface area contributed by atoms with E-state index in [1.807, 2.05) is 18.2 Å². The van der Waals surface area contributed by atoms with Crippen LogP contribution in [0.3, 0.4) is 0 Å². The molecular formula is C16H16ClN3O3. The van der Waals surface area contributed by atoms with Crippen LogP contribution in [0.2, 0.25) is 5.02 Å². The van der Waals surface area contributed by atoms with Crippen molar-refractivity contribution in [1.29, 1.82) is 0 Å². The molecule has 2 heterocycles. The Labute approximate surface area is 138 Å². The summed E-state index contributed by atoms with van der Waals surface area (Å²) in [5.41, 5.74) is 1.64. The number of para-hydroxylation sites is 1. The van der Waals surface area contributed by atoms with Crippen LogP contribution in [0, 0.1) is 6.92 Å². The number of hydrogen-bond donors (Lipinski definition) is 1. The zero-order valence-corrected chi connectivity index (χ0v) is 13.3. The lowest BCUT2D eigenvalue weighted by atomic mass is 10.2. The van der Waals surface area contributed by atoms with Crippen molar-refractivity contribution in [2.45, 2.75) is 25.8 Å². The van der Waals surface area contributed by atoms with Crippen molar-refractivity contribution in [3.8, 4) is 5.69 Å². The molecule has 7 heteroatoms. The third kappa shape index (κ3) is 3.37. The number of hydrogen-bond acceptors (Lipinski definition) is 4. The van der Waals surface area contributed by atoms with Crippen molar-refractivity contribution < 1.29 is 14.3 Å². The van der Waals surface area contributed by atoms with Crippen molar-refractivity contribution in [3.63, 3.8) is 0 Å². The smallest absolute Gasteiger partial charge is 0.359 e. The van der Waals surface area contributed by atoms with Gasteiger partial charge in [0.2, 0.25) is 5.91 Å². The number of rotatable bonds is 4. The quantitative estimate of drug-likeness (QED) is 0.871. The molecule has 1 amide bonds. The van der Waals surface area contributed by atoms with Gasteiger partial charge in [0.05, 0.1) is 16.8 Å². The van der Waals surface area contributed by atoms with Crippen molar-refractivity contribution >= 4 is 23.5 Å². The second-order valence-corrected chi connectivity index (χ2v) is 5.87. The molecule has 1 aliphatic heterocycles. The first-order chi connectivity index (χ1) is 11.0. The Kier molecular flexibility index (Phi) is 4.34. The molecule has 0 bridgehead atoms. The highest BCUT2D eigenvalue weighted by atomic mass is 35.5. The van der Waals surface area contributed by atoms with Gasteiger partial charge in [0.15, 0.2) is 5.69 Å². The molecule has 1 N–H and O–H groups in total. The number of halogens is 1. The normalized spacial score (nSPS) is 17.1. The minimum absolute atomic E-state index is 0.00905. The van der Waals surface area contributed by atoms with Gasteiger partial charge >= 0.3 is 5.97 Å². The van der Waals surface area contributed by atoms with Gasteiger partial charge in [0.25, 0.3) is 0 Å². The molecule has 1 aliphatic rings. The summed E-state index contributed by atoms with van der Waals surface area (Å²) in [6, 6.07) is 7.14. The van der Waals surface area contributed by atoms with Gasteiger partial charge in [-0.3, -0.25) is 4.79 Å². The van der Waals surface area contributed by atoms with E-state index >= 15 is 0 Å². The second-order valence-electron chi connectivity index (χ2n) is 5.46. The van der Waals surface area contributed by atoms with Gasteiger partial charge in [-0.05, 0) is 25.5 Å². The van der Waals surface area contributed by atoms with Crippen molar-refractivity contribution in [3.05, 3.63) is 46.7 Å². The summed E-state index contributed by atoms with van der Waals surface area (Å²) in [4.78, 5) is 23.3. The Bertz CT molecular complexity index is 757. The molecule has 1 fully saturated rings. The first-order valence-corrected chi connectivity index (χ1v) is 7.70. The number of ether oxygens (including phenoxy) is 1. The summed E-state index contributed by atoms with van der Waals surface area (Å²) < 4.78 is 6.82. The molecule has 0 aliphatic carbocycles. The molecule has 0 saturated carbocycles. The standard InChI is InChI=1S/C16H16ClN3O3/c1-10-8-20(13-5-3-2-4-12(13)17)19-15(10)16(22)23-9-11-6-7-14(21)18-11/h2-5,8,11H,6-7,9H2,1H3,(H,18,21)/t11-/m1/s1. The van der Waals surface area contributed by atoms with Crippen LogP contribution in [0.15, 0.2) is 30.5 Å². The summed E-state index contributed by atoms with van der Waals surface area (Å²) in [6.07, 6.45) is 2.89. The van der Waals surface area contributed by atoms with Crippen LogP contribution in [-0.2, 0) is 9.53 Å². The molecule has 3 rings (SSSR count). The van der Waals surface area contributed by atoms with Gasteiger partial charge in [-0.15, -0.1) is 0 Å². The van der Waals surface area contributed by atoms with E-state index in [1.54, 1.807) is 23.9 Å². The van der Waals surface area contributed by atoms with Crippen LogP contribution in [0.4, 0.5) is 0 Å². The Morgan fingerprint density at radius 2 is 2.26 bits per heavy atom. The number of aryl methyl sites for hydroxylation is 1. The zero-order valence-electron chi connectivity index (χ0n) is 12.6. The third-order valence-corrected chi connectivity index (χ3v) is 4.01. The van der Waals surface area contributed by atoms with Crippen LogP contribution in [0.25, 0.3) is 5.69 Å². The summed E-state index contributed by atoms with van der Waals surface area (Å²) in [7, 11) is 0. The molecule has 6 nitrogen and oxygen atoms in total. The van der Waals surface area contributed by atoms with Gasteiger partial charge < -0.3 is 10.1 Å². The number of amides is 1. The van der Waals surface area contributed by atoms with Crippen molar-refractivity contribution in [1.82, 2.24) is 15.1 Å². The maximum atomic E-state index is 12.2. The number of carbonyl (C=O) groups excluding carboxylic acids is 2. The van der Waals surface area contributed by atoms with Crippen LogP contribution in [-0.4, -0.2) is 34.3 Å². The lowest BCUT2D eigenvalue weighted by Crippen LogP contribution is -2.30. The van der Waals surface area contributed by atoms with Crippen molar-refractivity contribution in [2.75, 3.05) is 6.61 Å². The first kappa shape index (κ1) is 15.6. The van der Waals surface area contributed by atoms with E-state index in [0.717, 1.165) is 0 Å². The highest BCUT2D eigenvalue weighted by molar-refractivity contribution is 6.32. The molecule has 120 valence electrons. The lowest BCUT2D eigenvalue weighted by Gasteiger charge is -2.09. The van der Waals surface area contributed by atoms with Crippen LogP contribution < -0.4 is 5.32 Å². The lowest BCUT2D eigenvalue weighted by molar-refractivity contribution is -0.119. The summed E-state index contributed by atoms with van der Waals surface area (Å²) in [6.45, 7) is 1.94. The van der Waals surface area contributed by atoms with Crippen LogP contribution in [0.1, 0.15) is 28.9 Å². The molecule has 1 atom stereocenters. The largest absolute Gasteiger partial charge is 0.459 e.